The van der Waals surface area contributed by atoms with Gasteiger partial charge in [0.15, 0.2) is 0 Å². The number of nitrogens with zero attached hydrogens (tertiary/aromatic N) is 1. The van der Waals surface area contributed by atoms with Gasteiger partial charge in [-0.1, -0.05) is 12.1 Å². The van der Waals surface area contributed by atoms with E-state index in [4.69, 9.17) is 0 Å². The summed E-state index contributed by atoms with van der Waals surface area (Å²) in [6.07, 6.45) is -4.41. The quantitative estimate of drug-likeness (QED) is 0.765. The van der Waals surface area contributed by atoms with E-state index in [-0.39, 0.29) is 11.2 Å². The molecule has 0 bridgehead atoms. The first-order valence-electron chi connectivity index (χ1n) is 5.26. The van der Waals surface area contributed by atoms with Crippen molar-refractivity contribution in [3.63, 3.8) is 0 Å². The highest BCUT2D eigenvalue weighted by molar-refractivity contribution is 5.38. The van der Waals surface area contributed by atoms with Gasteiger partial charge in [0, 0.05) is 17.4 Å². The van der Waals surface area contributed by atoms with E-state index < -0.39 is 11.7 Å². The van der Waals surface area contributed by atoms with E-state index >= 15 is 0 Å². The van der Waals surface area contributed by atoms with Gasteiger partial charge in [0.2, 0.25) is 0 Å². The first-order valence-corrected chi connectivity index (χ1v) is 5.26. The molecule has 0 fully saturated rings. The van der Waals surface area contributed by atoms with Gasteiger partial charge in [0.05, 0.1) is 5.56 Å². The Morgan fingerprint density at radius 2 is 1.72 bits per heavy atom. The highest BCUT2D eigenvalue weighted by atomic mass is 19.4. The molecule has 2 rings (SSSR count). The molecule has 0 aliphatic carbocycles. The molecule has 5 heteroatoms. The first-order chi connectivity index (χ1) is 8.39. The van der Waals surface area contributed by atoms with E-state index in [0.29, 0.717) is 5.69 Å². The number of alkyl halides is 3. The number of rotatable bonds is 1. The Kier molecular flexibility index (Phi) is 2.98. The molecule has 2 nitrogen and oxygen atoms in total. The molecule has 0 saturated heterocycles. The summed E-state index contributed by atoms with van der Waals surface area (Å²) in [5.74, 6) is 0. The fraction of sp³-hybridized carbons (Fsp3) is 0.154. The van der Waals surface area contributed by atoms with E-state index in [0.717, 1.165) is 12.1 Å². The van der Waals surface area contributed by atoms with Gasteiger partial charge in [0.25, 0.3) is 5.56 Å². The zero-order valence-corrected chi connectivity index (χ0v) is 9.53. The van der Waals surface area contributed by atoms with Crippen LogP contribution >= 0.6 is 0 Å². The van der Waals surface area contributed by atoms with Crippen molar-refractivity contribution in [3.8, 4) is 5.69 Å². The molecule has 0 amide bonds. The van der Waals surface area contributed by atoms with Gasteiger partial charge in [-0.2, -0.15) is 13.2 Å². The monoisotopic (exact) mass is 253 g/mol. The molecule has 0 spiro atoms. The molecule has 1 heterocycles. The lowest BCUT2D eigenvalue weighted by atomic mass is 10.2. The van der Waals surface area contributed by atoms with E-state index in [1.165, 1.54) is 22.8 Å². The molecule has 1 aromatic carbocycles. The molecule has 0 saturated carbocycles. The van der Waals surface area contributed by atoms with E-state index in [9.17, 15) is 18.0 Å². The normalized spacial score (nSPS) is 11.6. The van der Waals surface area contributed by atoms with Crippen LogP contribution in [0.15, 0.2) is 47.3 Å². The average Bonchev–Trinajstić information content (AvgIpc) is 2.28. The maximum Gasteiger partial charge on any atom is 0.416 e. The standard InChI is InChI=1S/C13H10F3NO/c1-9-4-2-7-12(18)17(9)11-6-3-5-10(8-11)13(14,15)16/h2-8H,1H3. The fourth-order valence-corrected chi connectivity index (χ4v) is 1.74. The molecule has 94 valence electrons. The highest BCUT2D eigenvalue weighted by Gasteiger charge is 2.30. The van der Waals surface area contributed by atoms with Gasteiger partial charge in [-0.15, -0.1) is 0 Å². The maximum atomic E-state index is 12.6. The van der Waals surface area contributed by atoms with Crippen LogP contribution in [0.25, 0.3) is 5.69 Å². The Hall–Kier alpha value is -2.04. The van der Waals surface area contributed by atoms with Crippen LogP contribution in [0, 0.1) is 6.92 Å². The van der Waals surface area contributed by atoms with Crippen molar-refractivity contribution in [3.05, 3.63) is 64.1 Å². The molecule has 2 aromatic rings. The first kappa shape index (κ1) is 12.4. The predicted octanol–water partition coefficient (Wildman–Crippen LogP) is 3.16. The third kappa shape index (κ3) is 2.30. The lowest BCUT2D eigenvalue weighted by molar-refractivity contribution is -0.137. The Bertz CT molecular complexity index is 629. The topological polar surface area (TPSA) is 22.0 Å². The van der Waals surface area contributed by atoms with Crippen molar-refractivity contribution in [1.82, 2.24) is 4.57 Å². The Labute approximate surface area is 101 Å². The third-order valence-corrected chi connectivity index (χ3v) is 2.58. The zero-order chi connectivity index (χ0) is 13.3. The van der Waals surface area contributed by atoms with Gasteiger partial charge in [-0.05, 0) is 31.2 Å². The van der Waals surface area contributed by atoms with E-state index in [2.05, 4.69) is 0 Å². The molecule has 0 atom stereocenters. The van der Waals surface area contributed by atoms with Crippen molar-refractivity contribution < 1.29 is 13.2 Å². The number of aryl methyl sites for hydroxylation is 1. The number of hydrogen-bond donors (Lipinski definition) is 0. The highest BCUT2D eigenvalue weighted by Crippen LogP contribution is 2.30. The van der Waals surface area contributed by atoms with Gasteiger partial charge >= 0.3 is 6.18 Å². The minimum absolute atomic E-state index is 0.216. The van der Waals surface area contributed by atoms with Gasteiger partial charge in [0.1, 0.15) is 0 Å². The Balaban J connectivity index is 2.63. The van der Waals surface area contributed by atoms with Crippen LogP contribution in [0.3, 0.4) is 0 Å². The molecule has 1 aromatic heterocycles. The summed E-state index contributed by atoms with van der Waals surface area (Å²) in [6, 6.07) is 9.26. The number of pyridine rings is 1. The summed E-state index contributed by atoms with van der Waals surface area (Å²) in [5.41, 5.74) is -0.320. The van der Waals surface area contributed by atoms with Gasteiger partial charge in [-0.25, -0.2) is 0 Å². The minimum atomic E-state index is -4.41. The molecular weight excluding hydrogens is 243 g/mol. The van der Waals surface area contributed by atoms with E-state index in [1.807, 2.05) is 0 Å². The SMILES string of the molecule is Cc1cccc(=O)n1-c1cccc(C(F)(F)F)c1. The fourth-order valence-electron chi connectivity index (χ4n) is 1.74. The number of aromatic nitrogens is 1. The van der Waals surface area contributed by atoms with Crippen LogP contribution in [-0.4, -0.2) is 4.57 Å². The molecule has 0 aliphatic heterocycles. The van der Waals surface area contributed by atoms with E-state index in [1.54, 1.807) is 19.1 Å². The molecule has 0 N–H and O–H groups in total. The van der Waals surface area contributed by atoms with Crippen LogP contribution < -0.4 is 5.56 Å². The maximum absolute atomic E-state index is 12.6. The Morgan fingerprint density at radius 1 is 1.06 bits per heavy atom. The summed E-state index contributed by atoms with van der Waals surface area (Å²) >= 11 is 0. The number of hydrogen-bond acceptors (Lipinski definition) is 1. The second-order valence-corrected chi connectivity index (χ2v) is 3.89. The summed E-state index contributed by atoms with van der Waals surface area (Å²) in [7, 11) is 0. The lowest BCUT2D eigenvalue weighted by Crippen LogP contribution is -2.19. The van der Waals surface area contributed by atoms with Crippen molar-refractivity contribution >= 4 is 0 Å². The van der Waals surface area contributed by atoms with Crippen LogP contribution in [0.4, 0.5) is 13.2 Å². The second kappa shape index (κ2) is 4.33. The van der Waals surface area contributed by atoms with Crippen molar-refractivity contribution in [2.75, 3.05) is 0 Å². The van der Waals surface area contributed by atoms with Crippen LogP contribution in [-0.2, 0) is 6.18 Å². The predicted molar refractivity (Wildman–Crippen MR) is 61.8 cm³/mol. The molecular formula is C13H10F3NO. The van der Waals surface area contributed by atoms with Crippen molar-refractivity contribution in [2.24, 2.45) is 0 Å². The summed E-state index contributed by atoms with van der Waals surface area (Å²) in [4.78, 5) is 11.7. The minimum Gasteiger partial charge on any atom is -0.282 e. The van der Waals surface area contributed by atoms with Crippen molar-refractivity contribution in [1.29, 1.82) is 0 Å². The van der Waals surface area contributed by atoms with Crippen LogP contribution in [0.2, 0.25) is 0 Å². The largest absolute Gasteiger partial charge is 0.416 e. The molecule has 0 aliphatic rings. The van der Waals surface area contributed by atoms with Crippen LogP contribution in [0.1, 0.15) is 11.3 Å². The second-order valence-electron chi connectivity index (χ2n) is 3.89. The summed E-state index contributed by atoms with van der Waals surface area (Å²) in [6.45, 7) is 1.67. The number of benzene rings is 1. The number of halogens is 3. The van der Waals surface area contributed by atoms with Crippen molar-refractivity contribution in [2.45, 2.75) is 13.1 Å². The molecule has 18 heavy (non-hydrogen) atoms. The molecule has 0 radical (unpaired) electrons. The van der Waals surface area contributed by atoms with Gasteiger partial charge < -0.3 is 0 Å². The third-order valence-electron chi connectivity index (χ3n) is 2.58. The van der Waals surface area contributed by atoms with Crippen LogP contribution in [0.5, 0.6) is 0 Å². The average molecular weight is 253 g/mol. The Morgan fingerprint density at radius 3 is 2.33 bits per heavy atom. The lowest BCUT2D eigenvalue weighted by Gasteiger charge is -2.12. The van der Waals surface area contributed by atoms with Gasteiger partial charge in [-0.3, -0.25) is 9.36 Å². The summed E-state index contributed by atoms with van der Waals surface area (Å²) in [5, 5.41) is 0. The smallest absolute Gasteiger partial charge is 0.282 e. The zero-order valence-electron chi connectivity index (χ0n) is 9.53. The summed E-state index contributed by atoms with van der Waals surface area (Å²) < 4.78 is 39.0. The molecule has 0 unspecified atom stereocenters.